The Labute approximate surface area is 113 Å². The molecule has 2 fully saturated rings. The molecule has 2 aliphatic carbocycles. The fraction of sp³-hybridized carbons (Fsp3) is 1.00. The Balaban J connectivity index is 1.97. The normalized spacial score (nSPS) is 30.7. The van der Waals surface area contributed by atoms with Crippen molar-refractivity contribution < 1.29 is 4.74 Å². The van der Waals surface area contributed by atoms with E-state index < -0.39 is 0 Å². The molecule has 0 radical (unpaired) electrons. The fourth-order valence-corrected chi connectivity index (χ4v) is 3.69. The number of nitrogens with one attached hydrogen (secondary N) is 1. The average molecular weight is 253 g/mol. The summed E-state index contributed by atoms with van der Waals surface area (Å²) in [5.74, 6) is 0. The molecular weight excluding hydrogens is 222 g/mol. The molecule has 1 N–H and O–H groups in total. The maximum absolute atomic E-state index is 6.43. The van der Waals surface area contributed by atoms with Crippen LogP contribution in [0.4, 0.5) is 0 Å². The summed E-state index contributed by atoms with van der Waals surface area (Å²) in [4.78, 5) is 0. The molecule has 2 heteroatoms. The van der Waals surface area contributed by atoms with Gasteiger partial charge in [0.2, 0.25) is 0 Å². The van der Waals surface area contributed by atoms with Gasteiger partial charge in [0.15, 0.2) is 0 Å². The van der Waals surface area contributed by atoms with Crippen LogP contribution in [0.1, 0.15) is 72.6 Å². The van der Waals surface area contributed by atoms with Crippen LogP contribution in [0.2, 0.25) is 0 Å². The van der Waals surface area contributed by atoms with Gasteiger partial charge in [-0.15, -0.1) is 0 Å². The predicted molar refractivity (Wildman–Crippen MR) is 76.8 cm³/mol. The highest BCUT2D eigenvalue weighted by Gasteiger charge is 2.57. The SMILES string of the molecule is CCCNC1CC(OC(C)(C)CC)C12CCCC2. The molecule has 2 rings (SSSR count). The highest BCUT2D eigenvalue weighted by Crippen LogP contribution is 2.55. The highest BCUT2D eigenvalue weighted by atomic mass is 16.5. The Hall–Kier alpha value is -0.0800. The van der Waals surface area contributed by atoms with Gasteiger partial charge < -0.3 is 10.1 Å². The van der Waals surface area contributed by atoms with E-state index in [1.807, 2.05) is 0 Å². The molecule has 0 heterocycles. The second-order valence-electron chi connectivity index (χ2n) is 6.90. The Morgan fingerprint density at radius 3 is 2.44 bits per heavy atom. The van der Waals surface area contributed by atoms with Gasteiger partial charge in [-0.05, 0) is 52.5 Å². The molecule has 2 saturated carbocycles. The van der Waals surface area contributed by atoms with Crippen LogP contribution in [0.15, 0.2) is 0 Å². The molecule has 0 aromatic heterocycles. The van der Waals surface area contributed by atoms with Gasteiger partial charge in [0.1, 0.15) is 0 Å². The zero-order chi connectivity index (χ0) is 13.2. The summed E-state index contributed by atoms with van der Waals surface area (Å²) in [5.41, 5.74) is 0.525. The lowest BCUT2D eigenvalue weighted by molar-refractivity contribution is -0.190. The summed E-state index contributed by atoms with van der Waals surface area (Å²) in [5, 5.41) is 3.76. The number of hydrogen-bond donors (Lipinski definition) is 1. The standard InChI is InChI=1S/C16H31NO/c1-5-11-17-13-12-14(18-15(3,4)6-2)16(13)9-7-8-10-16/h13-14,17H,5-12H2,1-4H3. The molecule has 0 saturated heterocycles. The molecule has 0 aromatic rings. The van der Waals surface area contributed by atoms with E-state index in [0.29, 0.717) is 11.5 Å². The summed E-state index contributed by atoms with van der Waals surface area (Å²) in [7, 11) is 0. The van der Waals surface area contributed by atoms with Crippen LogP contribution in [0, 0.1) is 5.41 Å². The number of hydrogen-bond acceptors (Lipinski definition) is 2. The van der Waals surface area contributed by atoms with Crippen LogP contribution in [0.25, 0.3) is 0 Å². The smallest absolute Gasteiger partial charge is 0.0668 e. The van der Waals surface area contributed by atoms with Gasteiger partial charge in [0, 0.05) is 11.5 Å². The first-order valence-electron chi connectivity index (χ1n) is 7.95. The average Bonchev–Trinajstić information content (AvgIpc) is 2.85. The third kappa shape index (κ3) is 2.60. The molecule has 0 aliphatic heterocycles. The fourth-order valence-electron chi connectivity index (χ4n) is 3.69. The maximum atomic E-state index is 6.43. The highest BCUT2D eigenvalue weighted by molar-refractivity contribution is 5.10. The summed E-state index contributed by atoms with van der Waals surface area (Å²) in [6, 6.07) is 0.720. The van der Waals surface area contributed by atoms with Gasteiger partial charge in [-0.3, -0.25) is 0 Å². The lowest BCUT2D eigenvalue weighted by atomic mass is 9.60. The van der Waals surface area contributed by atoms with Gasteiger partial charge in [-0.2, -0.15) is 0 Å². The minimum absolute atomic E-state index is 0.0516. The van der Waals surface area contributed by atoms with Crippen molar-refractivity contribution >= 4 is 0 Å². The van der Waals surface area contributed by atoms with Crippen LogP contribution < -0.4 is 5.32 Å². The molecule has 2 aliphatic rings. The first-order valence-corrected chi connectivity index (χ1v) is 7.95. The molecule has 0 bridgehead atoms. The molecule has 2 nitrogen and oxygen atoms in total. The molecule has 2 atom stereocenters. The van der Waals surface area contributed by atoms with Gasteiger partial charge in [0.25, 0.3) is 0 Å². The van der Waals surface area contributed by atoms with Crippen LogP contribution >= 0.6 is 0 Å². The third-order valence-electron chi connectivity index (χ3n) is 5.27. The second-order valence-corrected chi connectivity index (χ2v) is 6.90. The minimum Gasteiger partial charge on any atom is -0.372 e. The Morgan fingerprint density at radius 1 is 1.22 bits per heavy atom. The van der Waals surface area contributed by atoms with E-state index in [2.05, 4.69) is 33.0 Å². The van der Waals surface area contributed by atoms with Crippen molar-refractivity contribution in [3.63, 3.8) is 0 Å². The zero-order valence-electron chi connectivity index (χ0n) is 12.7. The van der Waals surface area contributed by atoms with E-state index in [4.69, 9.17) is 4.74 Å². The predicted octanol–water partition coefficient (Wildman–Crippen LogP) is 3.89. The minimum atomic E-state index is 0.0516. The van der Waals surface area contributed by atoms with E-state index in [-0.39, 0.29) is 5.60 Å². The van der Waals surface area contributed by atoms with Crippen molar-refractivity contribution in [2.75, 3.05) is 6.54 Å². The maximum Gasteiger partial charge on any atom is 0.0668 e. The topological polar surface area (TPSA) is 21.3 Å². The Bertz CT molecular complexity index is 268. The zero-order valence-corrected chi connectivity index (χ0v) is 12.7. The molecule has 2 unspecified atom stereocenters. The summed E-state index contributed by atoms with van der Waals surface area (Å²) < 4.78 is 6.43. The van der Waals surface area contributed by atoms with Crippen LogP contribution in [-0.2, 0) is 4.74 Å². The third-order valence-corrected chi connectivity index (χ3v) is 5.27. The van der Waals surface area contributed by atoms with Crippen LogP contribution in [0.3, 0.4) is 0 Å². The van der Waals surface area contributed by atoms with Crippen LogP contribution in [0.5, 0.6) is 0 Å². The number of rotatable bonds is 6. The lowest BCUT2D eigenvalue weighted by Crippen LogP contribution is -2.64. The lowest BCUT2D eigenvalue weighted by Gasteiger charge is -2.56. The van der Waals surface area contributed by atoms with E-state index in [0.717, 1.165) is 19.0 Å². The quantitative estimate of drug-likeness (QED) is 0.775. The first-order chi connectivity index (χ1) is 8.54. The van der Waals surface area contributed by atoms with Crippen molar-refractivity contribution in [2.45, 2.75) is 90.4 Å². The second kappa shape index (κ2) is 5.50. The van der Waals surface area contributed by atoms with Crippen molar-refractivity contribution in [3.05, 3.63) is 0 Å². The van der Waals surface area contributed by atoms with E-state index in [9.17, 15) is 0 Å². The monoisotopic (exact) mass is 253 g/mol. The van der Waals surface area contributed by atoms with Crippen molar-refractivity contribution in [1.29, 1.82) is 0 Å². The van der Waals surface area contributed by atoms with E-state index in [1.54, 1.807) is 0 Å². The summed E-state index contributed by atoms with van der Waals surface area (Å²) in [6.45, 7) is 10.1. The molecule has 0 aromatic carbocycles. The Kier molecular flexibility index (Phi) is 4.38. The molecule has 1 spiro atoms. The van der Waals surface area contributed by atoms with Gasteiger partial charge in [-0.25, -0.2) is 0 Å². The van der Waals surface area contributed by atoms with Gasteiger partial charge >= 0.3 is 0 Å². The molecule has 0 amide bonds. The number of ether oxygens (including phenoxy) is 1. The largest absolute Gasteiger partial charge is 0.372 e. The van der Waals surface area contributed by atoms with Crippen LogP contribution in [-0.4, -0.2) is 24.3 Å². The van der Waals surface area contributed by atoms with E-state index >= 15 is 0 Å². The van der Waals surface area contributed by atoms with Crippen molar-refractivity contribution in [3.8, 4) is 0 Å². The van der Waals surface area contributed by atoms with Crippen molar-refractivity contribution in [2.24, 2.45) is 5.41 Å². The van der Waals surface area contributed by atoms with E-state index in [1.165, 1.54) is 38.5 Å². The molecule has 18 heavy (non-hydrogen) atoms. The summed E-state index contributed by atoms with van der Waals surface area (Å²) >= 11 is 0. The Morgan fingerprint density at radius 2 is 1.89 bits per heavy atom. The molecule has 106 valence electrons. The van der Waals surface area contributed by atoms with Gasteiger partial charge in [-0.1, -0.05) is 26.7 Å². The first kappa shape index (κ1) is 14.3. The molecular formula is C16H31NO. The van der Waals surface area contributed by atoms with Gasteiger partial charge in [0.05, 0.1) is 11.7 Å². The summed E-state index contributed by atoms with van der Waals surface area (Å²) in [6.07, 6.45) is 9.61. The van der Waals surface area contributed by atoms with Crippen molar-refractivity contribution in [1.82, 2.24) is 5.32 Å².